The summed E-state index contributed by atoms with van der Waals surface area (Å²) in [4.78, 5) is 48.3. The Labute approximate surface area is 217 Å². The zero-order valence-corrected chi connectivity index (χ0v) is 20.8. The maximum Gasteiger partial charge on any atom is 0.409 e. The zero-order chi connectivity index (χ0) is 25.9. The molecule has 0 atom stereocenters. The molecule has 0 spiro atoms. The van der Waals surface area contributed by atoms with Crippen LogP contribution >= 0.6 is 11.6 Å². The third kappa shape index (κ3) is 5.67. The summed E-state index contributed by atoms with van der Waals surface area (Å²) >= 11 is 5.87. The summed E-state index contributed by atoms with van der Waals surface area (Å²) in [6.07, 6.45) is 7.34. The average molecular weight is 527 g/mol. The van der Waals surface area contributed by atoms with Crippen LogP contribution in [0.15, 0.2) is 35.0 Å². The molecular formula is C25H27ClN6O5. The number of carbonyl (C=O) groups is 3. The molecule has 3 amide bonds. The van der Waals surface area contributed by atoms with E-state index in [9.17, 15) is 14.4 Å². The lowest BCUT2D eigenvalue weighted by Gasteiger charge is -2.33. The highest BCUT2D eigenvalue weighted by Crippen LogP contribution is 2.34. The third-order valence-corrected chi connectivity index (χ3v) is 7.15. The van der Waals surface area contributed by atoms with Gasteiger partial charge in [0.05, 0.1) is 16.9 Å². The highest BCUT2D eigenvalue weighted by Gasteiger charge is 2.32. The van der Waals surface area contributed by atoms with E-state index in [0.29, 0.717) is 11.1 Å². The number of fused-ring (bicyclic) bond motifs is 1. The summed E-state index contributed by atoms with van der Waals surface area (Å²) in [7, 11) is 0. The number of aromatic nitrogens is 2. The largest absolute Gasteiger partial charge is 0.465 e. The lowest BCUT2D eigenvalue weighted by molar-refractivity contribution is -0.121. The number of anilines is 3. The molecule has 3 aromatic heterocycles. The molecule has 4 heterocycles. The van der Waals surface area contributed by atoms with E-state index in [4.69, 9.17) is 21.1 Å². The number of hydrogen-bond acceptors (Lipinski definition) is 7. The second-order valence-corrected chi connectivity index (χ2v) is 9.80. The molecule has 1 saturated carbocycles. The van der Waals surface area contributed by atoms with Crippen molar-refractivity contribution in [2.75, 3.05) is 29.0 Å². The first-order valence-electron chi connectivity index (χ1n) is 12.3. The first kappa shape index (κ1) is 25.0. The fourth-order valence-corrected chi connectivity index (χ4v) is 5.22. The molecular weight excluding hydrogens is 500 g/mol. The number of carboxylic acid groups (broad SMARTS) is 1. The monoisotopic (exact) mass is 526 g/mol. The first-order valence-corrected chi connectivity index (χ1v) is 12.7. The Hall–Kier alpha value is -3.70. The number of nitrogens with one attached hydrogen (secondary N) is 3. The van der Waals surface area contributed by atoms with Crippen LogP contribution in [0.4, 0.5) is 22.0 Å². The maximum atomic E-state index is 13.3. The molecule has 5 rings (SSSR count). The Morgan fingerprint density at radius 1 is 1.00 bits per heavy atom. The number of likely N-dealkylation sites (tertiary alicyclic amines) is 1. The molecule has 0 radical (unpaired) electrons. The Bertz CT molecular complexity index is 1310. The van der Waals surface area contributed by atoms with Crippen molar-refractivity contribution in [3.8, 4) is 0 Å². The van der Waals surface area contributed by atoms with Gasteiger partial charge in [0.25, 0.3) is 5.91 Å². The molecule has 2 aliphatic rings. The molecule has 0 unspecified atom stereocenters. The van der Waals surface area contributed by atoms with Crippen LogP contribution in [0.1, 0.15) is 49.1 Å². The Morgan fingerprint density at radius 3 is 2.43 bits per heavy atom. The highest BCUT2D eigenvalue weighted by molar-refractivity contribution is 6.30. The van der Waals surface area contributed by atoms with Gasteiger partial charge in [-0.25, -0.2) is 14.8 Å². The fraction of sp³-hybridized carbons (Fsp3) is 0.400. The van der Waals surface area contributed by atoms with Crippen molar-refractivity contribution in [1.82, 2.24) is 14.9 Å². The second kappa shape index (κ2) is 10.7. The number of carbonyl (C=O) groups excluding carboxylic acids is 2. The Balaban J connectivity index is 1.38. The van der Waals surface area contributed by atoms with E-state index in [1.165, 1.54) is 37.4 Å². The van der Waals surface area contributed by atoms with Crippen LogP contribution in [0.3, 0.4) is 0 Å². The molecule has 2 fully saturated rings. The topological polar surface area (TPSA) is 150 Å². The predicted octanol–water partition coefficient (Wildman–Crippen LogP) is 4.81. The molecule has 3 aromatic rings. The molecule has 0 aromatic carbocycles. The van der Waals surface area contributed by atoms with Crippen molar-refractivity contribution in [3.63, 3.8) is 0 Å². The first-order chi connectivity index (χ1) is 17.9. The van der Waals surface area contributed by atoms with Crippen LogP contribution in [-0.4, -0.2) is 57.0 Å². The molecule has 37 heavy (non-hydrogen) atoms. The molecule has 12 heteroatoms. The molecule has 1 saturated heterocycles. The molecule has 4 N–H and O–H groups in total. The van der Waals surface area contributed by atoms with Crippen LogP contribution < -0.4 is 16.0 Å². The van der Waals surface area contributed by atoms with Gasteiger partial charge in [0.2, 0.25) is 11.7 Å². The normalized spacial score (nSPS) is 20.0. The van der Waals surface area contributed by atoms with Crippen LogP contribution in [0.5, 0.6) is 0 Å². The minimum atomic E-state index is -1.27. The van der Waals surface area contributed by atoms with E-state index in [0.717, 1.165) is 38.8 Å². The standard InChI is InChI=1S/C25H27ClN6O5/c26-15-5-8-19(27-12-15)30-24(34)22-21(20-18(37-22)11-16(13-28-20)29-25(35)36)31-23(33)14-3-6-17(7-4-14)32-9-1-2-10-32/h5,8,11-14,17,29H,1-4,6-7,9-10H2,(H,31,33)(H,35,36)(H,27,30,34). The van der Waals surface area contributed by atoms with Crippen molar-refractivity contribution >= 4 is 57.8 Å². The summed E-state index contributed by atoms with van der Waals surface area (Å²) in [5, 5.41) is 17.1. The second-order valence-electron chi connectivity index (χ2n) is 9.36. The highest BCUT2D eigenvalue weighted by atomic mass is 35.5. The van der Waals surface area contributed by atoms with Gasteiger partial charge in [0, 0.05) is 24.2 Å². The van der Waals surface area contributed by atoms with Gasteiger partial charge < -0.3 is 25.1 Å². The lowest BCUT2D eigenvalue weighted by Crippen LogP contribution is -2.38. The van der Waals surface area contributed by atoms with Gasteiger partial charge in [-0.15, -0.1) is 0 Å². The number of pyridine rings is 2. The quantitative estimate of drug-likeness (QED) is 0.357. The van der Waals surface area contributed by atoms with Gasteiger partial charge in [-0.05, 0) is 63.7 Å². The van der Waals surface area contributed by atoms with Crippen molar-refractivity contribution in [2.24, 2.45) is 5.92 Å². The zero-order valence-electron chi connectivity index (χ0n) is 20.0. The number of hydrogen-bond donors (Lipinski definition) is 4. The Morgan fingerprint density at radius 2 is 1.76 bits per heavy atom. The van der Waals surface area contributed by atoms with Crippen molar-refractivity contribution in [2.45, 2.75) is 44.6 Å². The van der Waals surface area contributed by atoms with E-state index in [2.05, 4.69) is 30.8 Å². The van der Waals surface area contributed by atoms with Gasteiger partial charge in [-0.3, -0.25) is 14.9 Å². The Kier molecular flexibility index (Phi) is 7.24. The number of furan rings is 1. The molecule has 11 nitrogen and oxygen atoms in total. The summed E-state index contributed by atoms with van der Waals surface area (Å²) in [6, 6.07) is 5.05. The van der Waals surface area contributed by atoms with Gasteiger partial charge >= 0.3 is 6.09 Å². The van der Waals surface area contributed by atoms with E-state index in [1.54, 1.807) is 6.07 Å². The predicted molar refractivity (Wildman–Crippen MR) is 138 cm³/mol. The van der Waals surface area contributed by atoms with Crippen LogP contribution in [-0.2, 0) is 4.79 Å². The smallest absolute Gasteiger partial charge is 0.409 e. The van der Waals surface area contributed by atoms with Crippen molar-refractivity contribution < 1.29 is 23.9 Å². The maximum absolute atomic E-state index is 13.3. The number of amides is 3. The summed E-state index contributed by atoms with van der Waals surface area (Å²) in [5.74, 6) is -0.950. The van der Waals surface area contributed by atoms with Gasteiger partial charge in [0.15, 0.2) is 5.58 Å². The minimum Gasteiger partial charge on any atom is -0.465 e. The fourth-order valence-electron chi connectivity index (χ4n) is 5.10. The van der Waals surface area contributed by atoms with Crippen LogP contribution in [0, 0.1) is 5.92 Å². The van der Waals surface area contributed by atoms with E-state index >= 15 is 0 Å². The lowest BCUT2D eigenvalue weighted by atomic mass is 9.85. The van der Waals surface area contributed by atoms with Crippen molar-refractivity contribution in [3.05, 3.63) is 41.4 Å². The number of halogens is 1. The van der Waals surface area contributed by atoms with Crippen LogP contribution in [0.2, 0.25) is 5.02 Å². The van der Waals surface area contributed by atoms with E-state index in [-0.39, 0.29) is 45.9 Å². The minimum absolute atomic E-state index is 0.134. The third-order valence-electron chi connectivity index (χ3n) is 6.93. The number of rotatable bonds is 6. The van der Waals surface area contributed by atoms with Crippen LogP contribution in [0.25, 0.3) is 11.1 Å². The molecule has 1 aliphatic heterocycles. The van der Waals surface area contributed by atoms with Gasteiger partial charge in [0.1, 0.15) is 17.0 Å². The van der Waals surface area contributed by atoms with E-state index < -0.39 is 12.0 Å². The van der Waals surface area contributed by atoms with E-state index in [1.807, 2.05) is 0 Å². The summed E-state index contributed by atoms with van der Waals surface area (Å²) in [5.41, 5.74) is 0.686. The summed E-state index contributed by atoms with van der Waals surface area (Å²) in [6.45, 7) is 2.27. The molecule has 1 aliphatic carbocycles. The number of nitrogens with zero attached hydrogens (tertiary/aromatic N) is 3. The van der Waals surface area contributed by atoms with Gasteiger partial charge in [-0.2, -0.15) is 0 Å². The SMILES string of the molecule is O=C(O)Nc1cnc2c(NC(=O)C3CCC(N4CCCC4)CC3)c(C(=O)Nc3ccc(Cl)cn3)oc2c1. The average Bonchev–Trinajstić information content (AvgIpc) is 3.54. The summed E-state index contributed by atoms with van der Waals surface area (Å²) < 4.78 is 5.77. The van der Waals surface area contributed by atoms with Crippen molar-refractivity contribution in [1.29, 1.82) is 0 Å². The van der Waals surface area contributed by atoms with Gasteiger partial charge in [-0.1, -0.05) is 11.6 Å². The molecule has 194 valence electrons. The molecule has 0 bridgehead atoms.